The average molecular weight is 253 g/mol. The Morgan fingerprint density at radius 3 is 2.82 bits per heavy atom. The van der Waals surface area contributed by atoms with E-state index < -0.39 is 0 Å². The van der Waals surface area contributed by atoms with Gasteiger partial charge >= 0.3 is 0 Å². The van der Waals surface area contributed by atoms with Crippen molar-refractivity contribution in [2.75, 3.05) is 7.05 Å². The molecule has 2 rings (SSSR count). The second-order valence-corrected chi connectivity index (χ2v) is 5.50. The van der Waals surface area contributed by atoms with Gasteiger partial charge in [-0.2, -0.15) is 0 Å². The molecule has 1 aliphatic rings. The van der Waals surface area contributed by atoms with Crippen molar-refractivity contribution in [1.82, 2.24) is 4.90 Å². The summed E-state index contributed by atoms with van der Waals surface area (Å²) in [5.74, 6) is 0. The normalized spacial score (nSPS) is 25.2. The maximum Gasteiger partial charge on any atom is 0.0409 e. The first kappa shape index (κ1) is 12.9. The highest BCUT2D eigenvalue weighted by Gasteiger charge is 2.25. The van der Waals surface area contributed by atoms with Crippen LogP contribution in [0.1, 0.15) is 31.2 Å². The van der Waals surface area contributed by atoms with Crippen LogP contribution >= 0.6 is 11.6 Å². The third-order valence-corrected chi connectivity index (χ3v) is 3.90. The Morgan fingerprint density at radius 1 is 1.35 bits per heavy atom. The fourth-order valence-electron chi connectivity index (χ4n) is 2.73. The van der Waals surface area contributed by atoms with Gasteiger partial charge in [0.15, 0.2) is 0 Å². The van der Waals surface area contributed by atoms with Gasteiger partial charge in [-0.3, -0.25) is 4.90 Å². The first-order valence-corrected chi connectivity index (χ1v) is 6.75. The number of likely N-dealkylation sites (N-methyl/N-ethyl adjacent to an activating group) is 1. The summed E-state index contributed by atoms with van der Waals surface area (Å²) in [5, 5.41) is 0.809. The number of benzene rings is 1. The van der Waals surface area contributed by atoms with E-state index in [1.54, 1.807) is 0 Å². The van der Waals surface area contributed by atoms with Crippen LogP contribution in [-0.4, -0.2) is 24.0 Å². The number of hydrogen-bond acceptors (Lipinski definition) is 2. The zero-order valence-electron chi connectivity index (χ0n) is 10.4. The molecule has 2 nitrogen and oxygen atoms in total. The van der Waals surface area contributed by atoms with Crippen LogP contribution in [0.2, 0.25) is 5.02 Å². The molecule has 1 fully saturated rings. The Kier molecular flexibility index (Phi) is 4.43. The van der Waals surface area contributed by atoms with Gasteiger partial charge in [0.05, 0.1) is 0 Å². The van der Waals surface area contributed by atoms with Crippen molar-refractivity contribution in [3.05, 3.63) is 34.9 Å². The quantitative estimate of drug-likeness (QED) is 0.896. The summed E-state index contributed by atoms with van der Waals surface area (Å²) in [4.78, 5) is 2.37. The van der Waals surface area contributed by atoms with E-state index in [0.717, 1.165) is 18.0 Å². The number of halogens is 1. The van der Waals surface area contributed by atoms with Crippen molar-refractivity contribution >= 4 is 11.6 Å². The van der Waals surface area contributed by atoms with Crippen LogP contribution in [0, 0.1) is 0 Å². The standard InChI is InChI=1S/C14H21ClN2/c1-17(14-8-3-2-7-13(14)16)10-11-5-4-6-12(15)9-11/h4-6,9,13-14H,2-3,7-8,10,16H2,1H3. The van der Waals surface area contributed by atoms with Crippen molar-refractivity contribution < 1.29 is 0 Å². The van der Waals surface area contributed by atoms with Gasteiger partial charge in [0, 0.05) is 23.7 Å². The lowest BCUT2D eigenvalue weighted by Gasteiger charge is -2.36. The molecule has 94 valence electrons. The Balaban J connectivity index is 1.98. The molecule has 2 unspecified atom stereocenters. The van der Waals surface area contributed by atoms with Gasteiger partial charge in [0.2, 0.25) is 0 Å². The molecule has 0 saturated heterocycles. The molecule has 0 bridgehead atoms. The molecule has 3 heteroatoms. The van der Waals surface area contributed by atoms with Gasteiger partial charge in [-0.1, -0.05) is 36.6 Å². The molecule has 0 aromatic heterocycles. The molecule has 2 atom stereocenters. The van der Waals surface area contributed by atoms with Gasteiger partial charge in [-0.15, -0.1) is 0 Å². The fraction of sp³-hybridized carbons (Fsp3) is 0.571. The van der Waals surface area contributed by atoms with Crippen LogP contribution in [0.25, 0.3) is 0 Å². The second kappa shape index (κ2) is 5.85. The minimum absolute atomic E-state index is 0.327. The molecule has 0 heterocycles. The van der Waals surface area contributed by atoms with E-state index in [0.29, 0.717) is 12.1 Å². The van der Waals surface area contributed by atoms with Crippen LogP contribution in [-0.2, 0) is 6.54 Å². The van der Waals surface area contributed by atoms with Gasteiger partial charge in [-0.25, -0.2) is 0 Å². The van der Waals surface area contributed by atoms with Crippen LogP contribution < -0.4 is 5.73 Å². The van der Waals surface area contributed by atoms with Crippen molar-refractivity contribution in [2.24, 2.45) is 5.73 Å². The smallest absolute Gasteiger partial charge is 0.0409 e. The van der Waals surface area contributed by atoms with Crippen LogP contribution in [0.3, 0.4) is 0 Å². The van der Waals surface area contributed by atoms with E-state index in [1.807, 2.05) is 18.2 Å². The maximum atomic E-state index is 6.20. The molecular formula is C14H21ClN2. The minimum Gasteiger partial charge on any atom is -0.326 e. The molecule has 1 saturated carbocycles. The molecule has 0 spiro atoms. The first-order valence-electron chi connectivity index (χ1n) is 6.37. The van der Waals surface area contributed by atoms with Gasteiger partial charge in [0.25, 0.3) is 0 Å². The van der Waals surface area contributed by atoms with E-state index in [-0.39, 0.29) is 0 Å². The fourth-order valence-corrected chi connectivity index (χ4v) is 2.94. The summed E-state index contributed by atoms with van der Waals surface area (Å²) >= 11 is 6.00. The van der Waals surface area contributed by atoms with Crippen molar-refractivity contribution in [1.29, 1.82) is 0 Å². The summed E-state index contributed by atoms with van der Waals surface area (Å²) in [6, 6.07) is 8.92. The van der Waals surface area contributed by atoms with E-state index >= 15 is 0 Å². The van der Waals surface area contributed by atoms with Crippen molar-refractivity contribution in [3.63, 3.8) is 0 Å². The van der Waals surface area contributed by atoms with Crippen molar-refractivity contribution in [2.45, 2.75) is 44.3 Å². The SMILES string of the molecule is CN(Cc1cccc(Cl)c1)C1CCCCC1N. The number of nitrogens with zero attached hydrogens (tertiary/aromatic N) is 1. The van der Waals surface area contributed by atoms with Gasteiger partial charge < -0.3 is 5.73 Å². The van der Waals surface area contributed by atoms with E-state index in [4.69, 9.17) is 17.3 Å². The lowest BCUT2D eigenvalue weighted by atomic mass is 9.90. The number of nitrogens with two attached hydrogens (primary N) is 1. The van der Waals surface area contributed by atoms with E-state index in [1.165, 1.54) is 24.8 Å². The third-order valence-electron chi connectivity index (χ3n) is 3.67. The Labute approximate surface area is 109 Å². The summed E-state index contributed by atoms with van der Waals surface area (Å²) in [6.45, 7) is 0.929. The zero-order chi connectivity index (χ0) is 12.3. The minimum atomic E-state index is 0.327. The summed E-state index contributed by atoms with van der Waals surface area (Å²) < 4.78 is 0. The molecule has 1 aliphatic carbocycles. The molecule has 2 N–H and O–H groups in total. The number of rotatable bonds is 3. The molecule has 17 heavy (non-hydrogen) atoms. The second-order valence-electron chi connectivity index (χ2n) is 5.06. The summed E-state index contributed by atoms with van der Waals surface area (Å²) in [5.41, 5.74) is 7.46. The van der Waals surface area contributed by atoms with E-state index in [2.05, 4.69) is 18.0 Å². The molecule has 0 aliphatic heterocycles. The molecular weight excluding hydrogens is 232 g/mol. The largest absolute Gasteiger partial charge is 0.326 e. The Bertz CT molecular complexity index is 367. The predicted octanol–water partition coefficient (Wildman–Crippen LogP) is 3.04. The molecule has 1 aromatic rings. The molecule has 1 aromatic carbocycles. The lowest BCUT2D eigenvalue weighted by Crippen LogP contribution is -2.47. The highest BCUT2D eigenvalue weighted by Crippen LogP contribution is 2.22. The topological polar surface area (TPSA) is 29.3 Å². The third kappa shape index (κ3) is 3.44. The monoisotopic (exact) mass is 252 g/mol. The molecule has 0 amide bonds. The van der Waals surface area contributed by atoms with Crippen molar-refractivity contribution in [3.8, 4) is 0 Å². The zero-order valence-corrected chi connectivity index (χ0v) is 11.2. The highest BCUT2D eigenvalue weighted by atomic mass is 35.5. The first-order chi connectivity index (χ1) is 8.16. The predicted molar refractivity (Wildman–Crippen MR) is 73.2 cm³/mol. The summed E-state index contributed by atoms with van der Waals surface area (Å²) in [7, 11) is 2.16. The summed E-state index contributed by atoms with van der Waals surface area (Å²) in [6.07, 6.45) is 4.96. The maximum absolute atomic E-state index is 6.20. The van der Waals surface area contributed by atoms with E-state index in [9.17, 15) is 0 Å². The highest BCUT2D eigenvalue weighted by molar-refractivity contribution is 6.30. The Morgan fingerprint density at radius 2 is 2.12 bits per heavy atom. The van der Waals surface area contributed by atoms with Gasteiger partial charge in [0.1, 0.15) is 0 Å². The van der Waals surface area contributed by atoms with Gasteiger partial charge in [-0.05, 0) is 37.6 Å². The Hall–Kier alpha value is -0.570. The van der Waals surface area contributed by atoms with Crippen LogP contribution in [0.5, 0.6) is 0 Å². The lowest BCUT2D eigenvalue weighted by molar-refractivity contribution is 0.162. The molecule has 0 radical (unpaired) electrons. The van der Waals surface area contributed by atoms with Crippen LogP contribution in [0.15, 0.2) is 24.3 Å². The average Bonchev–Trinajstić information content (AvgIpc) is 2.29. The number of hydrogen-bond donors (Lipinski definition) is 1. The van der Waals surface area contributed by atoms with Crippen LogP contribution in [0.4, 0.5) is 0 Å².